The number of ketones is 1. The molecule has 2 aromatic rings. The highest BCUT2D eigenvalue weighted by molar-refractivity contribution is 6.33. The number of para-hydroxylation sites is 1. The lowest BCUT2D eigenvalue weighted by Gasteiger charge is -2.09. The summed E-state index contributed by atoms with van der Waals surface area (Å²) in [7, 11) is 1.79. The van der Waals surface area contributed by atoms with Gasteiger partial charge in [-0.3, -0.25) is 4.79 Å². The Labute approximate surface area is 122 Å². The van der Waals surface area contributed by atoms with E-state index in [0.717, 1.165) is 11.3 Å². The highest BCUT2D eigenvalue weighted by Gasteiger charge is 2.13. The van der Waals surface area contributed by atoms with Crippen LogP contribution < -0.4 is 5.32 Å². The van der Waals surface area contributed by atoms with Crippen molar-refractivity contribution in [3.8, 4) is 0 Å². The van der Waals surface area contributed by atoms with Crippen molar-refractivity contribution in [3.63, 3.8) is 0 Å². The summed E-state index contributed by atoms with van der Waals surface area (Å²) < 4.78 is 0. The summed E-state index contributed by atoms with van der Waals surface area (Å²) in [5.74, 6) is 0.00844. The first-order valence-electron chi connectivity index (χ1n) is 5.85. The molecular formula is C15H13Cl2NO. The molecule has 19 heavy (non-hydrogen) atoms. The molecule has 0 aromatic heterocycles. The maximum atomic E-state index is 12.3. The Balaban J connectivity index is 2.28. The van der Waals surface area contributed by atoms with Gasteiger partial charge in [-0.15, -0.1) is 0 Å². The van der Waals surface area contributed by atoms with E-state index in [1.807, 2.05) is 18.2 Å². The summed E-state index contributed by atoms with van der Waals surface area (Å²) in [5, 5.41) is 4.14. The lowest BCUT2D eigenvalue weighted by atomic mass is 10.0. The fraction of sp³-hybridized carbons (Fsp3) is 0.133. The number of Topliss-reactive ketones (excluding diaryl/α,β-unsaturated/α-hetero) is 1. The Morgan fingerprint density at radius 1 is 1.16 bits per heavy atom. The number of nitrogens with one attached hydrogen (secondary N) is 1. The molecule has 2 aromatic carbocycles. The van der Waals surface area contributed by atoms with Crippen molar-refractivity contribution in [2.75, 3.05) is 12.4 Å². The van der Waals surface area contributed by atoms with Crippen LogP contribution in [0.1, 0.15) is 15.9 Å². The summed E-state index contributed by atoms with van der Waals surface area (Å²) in [4.78, 5) is 12.3. The highest BCUT2D eigenvalue weighted by atomic mass is 35.5. The number of hydrogen-bond donors (Lipinski definition) is 1. The van der Waals surface area contributed by atoms with Crippen LogP contribution in [0.4, 0.5) is 5.69 Å². The van der Waals surface area contributed by atoms with Crippen molar-refractivity contribution in [1.82, 2.24) is 0 Å². The maximum absolute atomic E-state index is 12.3. The second kappa shape index (κ2) is 6.09. The van der Waals surface area contributed by atoms with E-state index in [-0.39, 0.29) is 12.2 Å². The minimum absolute atomic E-state index is 0.00844. The highest BCUT2D eigenvalue weighted by Crippen LogP contribution is 2.23. The number of anilines is 1. The van der Waals surface area contributed by atoms with E-state index < -0.39 is 0 Å². The van der Waals surface area contributed by atoms with Crippen LogP contribution in [0.2, 0.25) is 10.0 Å². The normalized spacial score (nSPS) is 10.3. The van der Waals surface area contributed by atoms with E-state index in [1.165, 1.54) is 0 Å². The molecule has 1 N–H and O–H groups in total. The van der Waals surface area contributed by atoms with Crippen LogP contribution >= 0.6 is 23.2 Å². The van der Waals surface area contributed by atoms with E-state index in [0.29, 0.717) is 15.6 Å². The molecule has 0 aliphatic rings. The fourth-order valence-corrected chi connectivity index (χ4v) is 2.27. The third-order valence-electron chi connectivity index (χ3n) is 2.86. The van der Waals surface area contributed by atoms with Gasteiger partial charge in [0.1, 0.15) is 0 Å². The van der Waals surface area contributed by atoms with E-state index in [4.69, 9.17) is 23.2 Å². The largest absolute Gasteiger partial charge is 0.388 e. The van der Waals surface area contributed by atoms with Gasteiger partial charge in [0.05, 0.1) is 0 Å². The van der Waals surface area contributed by atoms with Crippen LogP contribution in [-0.2, 0) is 6.42 Å². The van der Waals surface area contributed by atoms with Gasteiger partial charge in [0, 0.05) is 34.8 Å². The SMILES string of the molecule is CNc1ccccc1C(=O)Cc1cc(Cl)ccc1Cl. The van der Waals surface area contributed by atoms with Gasteiger partial charge in [0.15, 0.2) is 5.78 Å². The lowest BCUT2D eigenvalue weighted by Crippen LogP contribution is -2.07. The quantitative estimate of drug-likeness (QED) is 0.843. The molecule has 0 aliphatic heterocycles. The molecule has 0 radical (unpaired) electrons. The standard InChI is InChI=1S/C15H13Cl2NO/c1-18-14-5-3-2-4-12(14)15(19)9-10-8-11(16)6-7-13(10)17/h2-8,18H,9H2,1H3. The summed E-state index contributed by atoms with van der Waals surface area (Å²) >= 11 is 12.0. The molecule has 0 atom stereocenters. The van der Waals surface area contributed by atoms with Crippen LogP contribution in [-0.4, -0.2) is 12.8 Å². The van der Waals surface area contributed by atoms with Gasteiger partial charge in [-0.25, -0.2) is 0 Å². The van der Waals surface area contributed by atoms with E-state index in [9.17, 15) is 4.79 Å². The minimum atomic E-state index is 0.00844. The van der Waals surface area contributed by atoms with Crippen LogP contribution in [0.5, 0.6) is 0 Å². The summed E-state index contributed by atoms with van der Waals surface area (Å²) in [6, 6.07) is 12.5. The molecule has 0 saturated carbocycles. The third kappa shape index (κ3) is 3.28. The smallest absolute Gasteiger partial charge is 0.169 e. The minimum Gasteiger partial charge on any atom is -0.388 e. The zero-order chi connectivity index (χ0) is 13.8. The van der Waals surface area contributed by atoms with Crippen molar-refractivity contribution in [2.24, 2.45) is 0 Å². The number of carbonyl (C=O) groups excluding carboxylic acids is 1. The van der Waals surface area contributed by atoms with Crippen molar-refractivity contribution in [3.05, 3.63) is 63.6 Å². The van der Waals surface area contributed by atoms with Crippen LogP contribution in [0.3, 0.4) is 0 Å². The first kappa shape index (κ1) is 13.9. The van der Waals surface area contributed by atoms with Gasteiger partial charge >= 0.3 is 0 Å². The molecular weight excluding hydrogens is 281 g/mol. The van der Waals surface area contributed by atoms with E-state index in [2.05, 4.69) is 5.32 Å². The number of hydrogen-bond acceptors (Lipinski definition) is 2. The number of carbonyl (C=O) groups is 1. The topological polar surface area (TPSA) is 29.1 Å². The average Bonchev–Trinajstić information content (AvgIpc) is 2.42. The van der Waals surface area contributed by atoms with E-state index in [1.54, 1.807) is 31.3 Å². The van der Waals surface area contributed by atoms with Crippen LogP contribution in [0.15, 0.2) is 42.5 Å². The lowest BCUT2D eigenvalue weighted by molar-refractivity contribution is 0.0994. The Hall–Kier alpha value is -1.51. The molecule has 0 spiro atoms. The van der Waals surface area contributed by atoms with Crippen molar-refractivity contribution >= 4 is 34.7 Å². The van der Waals surface area contributed by atoms with Crippen LogP contribution in [0, 0.1) is 0 Å². The first-order chi connectivity index (χ1) is 9.11. The van der Waals surface area contributed by atoms with Gasteiger partial charge in [-0.2, -0.15) is 0 Å². The first-order valence-corrected chi connectivity index (χ1v) is 6.61. The van der Waals surface area contributed by atoms with Gasteiger partial charge in [-0.05, 0) is 35.9 Å². The predicted molar refractivity (Wildman–Crippen MR) is 80.5 cm³/mol. The number of rotatable bonds is 4. The molecule has 4 heteroatoms. The Morgan fingerprint density at radius 3 is 2.63 bits per heavy atom. The van der Waals surface area contributed by atoms with Gasteiger partial charge in [-0.1, -0.05) is 35.3 Å². The number of halogens is 2. The number of benzene rings is 2. The molecule has 0 amide bonds. The van der Waals surface area contributed by atoms with Crippen LogP contribution in [0.25, 0.3) is 0 Å². The monoisotopic (exact) mass is 293 g/mol. The molecule has 0 unspecified atom stereocenters. The second-order valence-corrected chi connectivity index (χ2v) is 4.97. The zero-order valence-corrected chi connectivity index (χ0v) is 11.9. The molecule has 98 valence electrons. The summed E-state index contributed by atoms with van der Waals surface area (Å²) in [6.45, 7) is 0. The Morgan fingerprint density at radius 2 is 1.89 bits per heavy atom. The maximum Gasteiger partial charge on any atom is 0.169 e. The summed E-state index contributed by atoms with van der Waals surface area (Å²) in [6.07, 6.45) is 0.234. The Kier molecular flexibility index (Phi) is 4.46. The fourth-order valence-electron chi connectivity index (χ4n) is 1.89. The molecule has 0 aliphatic carbocycles. The molecule has 2 rings (SSSR count). The second-order valence-electron chi connectivity index (χ2n) is 4.13. The third-order valence-corrected chi connectivity index (χ3v) is 3.46. The molecule has 0 fully saturated rings. The van der Waals surface area contributed by atoms with Crippen molar-refractivity contribution < 1.29 is 4.79 Å². The molecule has 0 bridgehead atoms. The van der Waals surface area contributed by atoms with E-state index >= 15 is 0 Å². The molecule has 2 nitrogen and oxygen atoms in total. The van der Waals surface area contributed by atoms with Gasteiger partial charge < -0.3 is 5.32 Å². The average molecular weight is 294 g/mol. The molecule has 0 heterocycles. The van der Waals surface area contributed by atoms with Gasteiger partial charge in [0.25, 0.3) is 0 Å². The summed E-state index contributed by atoms with van der Waals surface area (Å²) in [5.41, 5.74) is 2.21. The Bertz CT molecular complexity index is 611. The molecule has 0 saturated heterocycles. The van der Waals surface area contributed by atoms with Crippen molar-refractivity contribution in [1.29, 1.82) is 0 Å². The van der Waals surface area contributed by atoms with Crippen molar-refractivity contribution in [2.45, 2.75) is 6.42 Å². The van der Waals surface area contributed by atoms with Gasteiger partial charge in [0.2, 0.25) is 0 Å². The predicted octanol–water partition coefficient (Wildman–Crippen LogP) is 4.46. The zero-order valence-electron chi connectivity index (χ0n) is 10.4.